The van der Waals surface area contributed by atoms with Crippen molar-refractivity contribution >= 4 is 54.3 Å². The molecule has 0 atom stereocenters. The van der Waals surface area contributed by atoms with Gasteiger partial charge in [0.05, 0.1) is 33.2 Å². The highest BCUT2D eigenvalue weighted by Gasteiger charge is 2.18. The molecule has 0 aliphatic heterocycles. The second-order valence-electron chi connectivity index (χ2n) is 16.1. The molecule has 0 fully saturated rings. The van der Waals surface area contributed by atoms with Crippen molar-refractivity contribution in [2.75, 3.05) is 0 Å². The van der Waals surface area contributed by atoms with Crippen molar-refractivity contribution in [3.8, 4) is 50.6 Å². The molecule has 0 saturated carbocycles. The minimum atomic E-state index is -0.506. The summed E-state index contributed by atoms with van der Waals surface area (Å²) in [5, 5.41) is 5.10. The molecular weight excluding hydrogens is 715 g/mol. The zero-order valence-electron chi connectivity index (χ0n) is 40.7. The highest BCUT2D eigenvalue weighted by Crippen LogP contribution is 2.39. The van der Waals surface area contributed by atoms with Gasteiger partial charge in [0.1, 0.15) is 0 Å². The molecule has 11 aromatic rings. The number of para-hydroxylation sites is 3. The average molecular weight is 764 g/mol. The maximum atomic E-state index is 9.00. The van der Waals surface area contributed by atoms with Crippen LogP contribution in [0, 0.1) is 0 Å². The summed E-state index contributed by atoms with van der Waals surface area (Å²) in [6.45, 7) is 6.71. The van der Waals surface area contributed by atoms with Gasteiger partial charge in [0.25, 0.3) is 0 Å². The molecule has 0 bridgehead atoms. The Morgan fingerprint density at radius 1 is 0.458 bits per heavy atom. The van der Waals surface area contributed by atoms with Gasteiger partial charge in [0, 0.05) is 21.7 Å². The first-order valence-electron chi connectivity index (χ1n) is 23.7. The average Bonchev–Trinajstić information content (AvgIpc) is 3.72. The van der Waals surface area contributed by atoms with Crippen LogP contribution < -0.4 is 0 Å². The summed E-state index contributed by atoms with van der Waals surface area (Å²) in [5.41, 5.74) is 10.1. The van der Waals surface area contributed by atoms with Crippen LogP contribution in [0.3, 0.4) is 0 Å². The summed E-state index contributed by atoms with van der Waals surface area (Å²) < 4.78 is 71.1. The summed E-state index contributed by atoms with van der Waals surface area (Å²) in [6.07, 6.45) is 0. The van der Waals surface area contributed by atoms with E-state index in [4.69, 9.17) is 20.9 Å². The monoisotopic (exact) mass is 763 g/mol. The smallest absolute Gasteiger partial charge is 0.235 e. The summed E-state index contributed by atoms with van der Waals surface area (Å²) in [7, 11) is 0. The highest BCUT2D eigenvalue weighted by molar-refractivity contribution is 6.09. The quantitative estimate of drug-likeness (QED) is 0.175. The Morgan fingerprint density at radius 2 is 1.00 bits per heavy atom. The Labute approximate surface area is 355 Å². The summed E-state index contributed by atoms with van der Waals surface area (Å²) >= 11 is 0. The molecule has 2 heterocycles. The number of hydrogen-bond acceptors (Lipinski definition) is 2. The molecular formula is C56H41N3. The first-order chi connectivity index (χ1) is 32.2. The normalized spacial score (nSPS) is 13.9. The van der Waals surface area contributed by atoms with E-state index in [2.05, 4.69) is 136 Å². The number of nitrogens with zero attached hydrogens (tertiary/aromatic N) is 3. The lowest BCUT2D eigenvalue weighted by Crippen LogP contribution is -2.10. The van der Waals surface area contributed by atoms with Crippen molar-refractivity contribution in [1.82, 2.24) is 14.5 Å². The van der Waals surface area contributed by atoms with Crippen LogP contribution in [0.2, 0.25) is 0 Å². The molecule has 0 aliphatic carbocycles. The number of aromatic nitrogens is 3. The first-order valence-corrected chi connectivity index (χ1v) is 19.7. The molecule has 0 saturated heterocycles. The van der Waals surface area contributed by atoms with Crippen LogP contribution in [0.1, 0.15) is 37.3 Å². The Balaban J connectivity index is 0.992. The van der Waals surface area contributed by atoms with E-state index >= 15 is 0 Å². The second kappa shape index (κ2) is 13.6. The zero-order valence-corrected chi connectivity index (χ0v) is 32.7. The minimum Gasteiger partial charge on any atom is -0.278 e. The fourth-order valence-corrected chi connectivity index (χ4v) is 8.39. The van der Waals surface area contributed by atoms with Gasteiger partial charge in [-0.3, -0.25) is 4.57 Å². The van der Waals surface area contributed by atoms with Crippen LogP contribution in [-0.4, -0.2) is 14.5 Å². The maximum absolute atomic E-state index is 9.00. The Morgan fingerprint density at radius 3 is 1.64 bits per heavy atom. The number of fused-ring (bicyclic) bond motifs is 6. The lowest BCUT2D eigenvalue weighted by molar-refractivity contribution is 0.590. The van der Waals surface area contributed by atoms with Gasteiger partial charge in [-0.25, -0.2) is 9.97 Å². The molecule has 280 valence electrons. The maximum Gasteiger partial charge on any atom is 0.235 e. The summed E-state index contributed by atoms with van der Waals surface area (Å²) in [4.78, 5) is 9.94. The Bertz CT molecular complexity index is 3790. The van der Waals surface area contributed by atoms with Crippen molar-refractivity contribution < 1.29 is 11.0 Å². The van der Waals surface area contributed by atoms with E-state index in [0.717, 1.165) is 38.4 Å². The number of rotatable bonds is 5. The Kier molecular flexibility index (Phi) is 6.31. The van der Waals surface area contributed by atoms with E-state index in [9.17, 15) is 0 Å². The lowest BCUT2D eigenvalue weighted by Gasteiger charge is -2.19. The molecule has 2 aromatic heterocycles. The van der Waals surface area contributed by atoms with Crippen molar-refractivity contribution in [3.05, 3.63) is 199 Å². The first kappa shape index (κ1) is 27.3. The van der Waals surface area contributed by atoms with Crippen LogP contribution in [0.5, 0.6) is 0 Å². The van der Waals surface area contributed by atoms with Crippen molar-refractivity contribution in [2.45, 2.75) is 26.2 Å². The third-order valence-electron chi connectivity index (χ3n) is 11.4. The molecule has 59 heavy (non-hydrogen) atoms. The molecule has 0 N–H and O–H groups in total. The number of benzene rings is 9. The van der Waals surface area contributed by atoms with E-state index < -0.39 is 48.3 Å². The third kappa shape index (κ3) is 5.97. The van der Waals surface area contributed by atoms with Crippen LogP contribution in [0.4, 0.5) is 0 Å². The van der Waals surface area contributed by atoms with Crippen LogP contribution in [0.25, 0.3) is 105 Å². The fourth-order valence-electron chi connectivity index (χ4n) is 8.39. The van der Waals surface area contributed by atoms with Gasteiger partial charge < -0.3 is 0 Å². The van der Waals surface area contributed by atoms with Crippen molar-refractivity contribution in [2.24, 2.45) is 0 Å². The van der Waals surface area contributed by atoms with Crippen LogP contribution >= 0.6 is 0 Å². The molecule has 0 unspecified atom stereocenters. The molecule has 3 nitrogen and oxygen atoms in total. The van der Waals surface area contributed by atoms with E-state index in [-0.39, 0.29) is 33.2 Å². The molecule has 0 radical (unpaired) electrons. The van der Waals surface area contributed by atoms with E-state index in [1.54, 1.807) is 0 Å². The van der Waals surface area contributed by atoms with Gasteiger partial charge >= 0.3 is 0 Å². The van der Waals surface area contributed by atoms with Gasteiger partial charge in [-0.05, 0) is 96.2 Å². The number of hydrogen-bond donors (Lipinski definition) is 0. The second-order valence-corrected chi connectivity index (χ2v) is 16.1. The zero-order chi connectivity index (χ0) is 46.6. The third-order valence-corrected chi connectivity index (χ3v) is 11.4. The van der Waals surface area contributed by atoms with Gasteiger partial charge in [-0.2, -0.15) is 0 Å². The minimum absolute atomic E-state index is 0.0112. The van der Waals surface area contributed by atoms with Crippen LogP contribution in [0.15, 0.2) is 194 Å². The molecule has 9 aromatic carbocycles. The summed E-state index contributed by atoms with van der Waals surface area (Å²) in [6, 6.07) is 47.0. The molecule has 3 heteroatoms. The molecule has 0 aliphatic rings. The van der Waals surface area contributed by atoms with E-state index in [1.165, 1.54) is 37.6 Å². The Hall–Kier alpha value is -7.36. The van der Waals surface area contributed by atoms with Crippen molar-refractivity contribution in [1.29, 1.82) is 0 Å². The van der Waals surface area contributed by atoms with Gasteiger partial charge in [-0.1, -0.05) is 184 Å². The van der Waals surface area contributed by atoms with Gasteiger partial charge in [0.15, 0.2) is 0 Å². The predicted molar refractivity (Wildman–Crippen MR) is 249 cm³/mol. The fraction of sp³-hybridized carbons (Fsp3) is 0.0714. The molecule has 11 rings (SSSR count). The lowest BCUT2D eigenvalue weighted by atomic mass is 9.85. The van der Waals surface area contributed by atoms with Crippen LogP contribution in [-0.2, 0) is 5.41 Å². The van der Waals surface area contributed by atoms with Crippen molar-refractivity contribution in [3.63, 3.8) is 0 Å². The largest absolute Gasteiger partial charge is 0.278 e. The topological polar surface area (TPSA) is 30.7 Å². The molecule has 0 amide bonds. The van der Waals surface area contributed by atoms with Gasteiger partial charge in [-0.15, -0.1) is 0 Å². The van der Waals surface area contributed by atoms with E-state index in [0.29, 0.717) is 11.2 Å². The van der Waals surface area contributed by atoms with E-state index in [1.807, 2.05) is 30.3 Å². The predicted octanol–water partition coefficient (Wildman–Crippen LogP) is 15.0. The standard InChI is InChI=1S/C56H41N3/c1-56(2,3)44-32-30-38(31-33-44)46-18-11-13-39-12-10-17-45(53(39)46)37-24-22-36(23-25-37)40-26-27-42-35-43(29-28-41(42)34-40)54-49-16-4-7-19-50(49)57-55(58-54)59-51-20-8-5-14-47(51)48-15-6-9-21-52(48)59/h4-35H,1-3H3/i5D,6D,8D,9D,14D,15D,20D,21D. The van der Waals surface area contributed by atoms with Gasteiger partial charge in [0.2, 0.25) is 5.95 Å². The highest BCUT2D eigenvalue weighted by atomic mass is 15.2. The molecule has 0 spiro atoms. The SMILES string of the molecule is [2H]c1c([2H])c([2H])c2c(c1[2H])c1c([2H])c([2H])c([2H])c([2H])c1n2-c1nc(-c2ccc3cc(-c4ccc(-c5cccc6cccc(-c7ccc(C(C)(C)C)cc7)c56)cc4)ccc3c2)c2ccccc2n1. The summed E-state index contributed by atoms with van der Waals surface area (Å²) in [5.74, 6) is 0.0112.